The average Bonchev–Trinajstić information content (AvgIpc) is 0.788. The van der Waals surface area contributed by atoms with Crippen LogP contribution in [-0.2, 0) is 34.5 Å². The van der Waals surface area contributed by atoms with E-state index in [9.17, 15) is 14.4 Å². The molecule has 119 heavy (non-hydrogen) atoms. The summed E-state index contributed by atoms with van der Waals surface area (Å²) in [5.74, 6) is 0.488. The molecule has 0 radical (unpaired) electrons. The summed E-state index contributed by atoms with van der Waals surface area (Å²) in [7, 11) is 8.68. The van der Waals surface area contributed by atoms with Gasteiger partial charge in [-0.3, -0.25) is 14.4 Å². The number of rotatable bonds is 18. The third kappa shape index (κ3) is 26.8. The van der Waals surface area contributed by atoms with Crippen LogP contribution in [-0.4, -0.2) is 78.3 Å². The van der Waals surface area contributed by atoms with Crippen molar-refractivity contribution in [1.82, 2.24) is 19.6 Å². The zero-order valence-corrected chi connectivity index (χ0v) is 73.2. The molecule has 2 N–H and O–H groups in total. The minimum Gasteiger partial charge on any atom is -0.497 e. The van der Waals surface area contributed by atoms with Crippen molar-refractivity contribution >= 4 is 137 Å². The Bertz CT molecular complexity index is 4880. The van der Waals surface area contributed by atoms with E-state index in [0.29, 0.717) is 39.3 Å². The van der Waals surface area contributed by atoms with Crippen molar-refractivity contribution in [2.45, 2.75) is 0 Å². The van der Waals surface area contributed by atoms with Crippen molar-refractivity contribution < 1.29 is 40.0 Å². The van der Waals surface area contributed by atoms with Gasteiger partial charge < -0.3 is 24.6 Å². The Kier molecular flexibility index (Phi) is 37.7. The molecule has 12 nitrogen and oxygen atoms in total. The number of aldehydes is 1. The van der Waals surface area contributed by atoms with Crippen molar-refractivity contribution in [2.24, 2.45) is 14.1 Å². The predicted octanol–water partition coefficient (Wildman–Crippen LogP) is 15.0. The summed E-state index contributed by atoms with van der Waals surface area (Å²) < 4.78 is 7.36. The SMILES string of the molecule is CN(C)c1cnn(C)c(=O)c1-c1ccccc1C=O.CN(C)c1cnn(C)c(=O)c1Cl.COc1ccccc1B(O)O.[Pd].c1ccc(P(c2ccccc2)c2ccccc2)cc1.c1ccc(P(c2ccccc2)c2ccccc2)cc1.c1ccc(P(c2ccccc2)c2ccccc2)cc1.c1ccc(P(c2ccccc2)c2ccccc2)cc1. The van der Waals surface area contributed by atoms with Gasteiger partial charge in [-0.25, -0.2) is 9.36 Å². The van der Waals surface area contributed by atoms with Gasteiger partial charge in [-0.2, -0.15) is 10.2 Å². The van der Waals surface area contributed by atoms with E-state index in [2.05, 4.69) is 374 Å². The van der Waals surface area contributed by atoms with Crippen molar-refractivity contribution in [3.63, 3.8) is 0 Å². The third-order valence-electron chi connectivity index (χ3n) is 18.1. The first-order valence-corrected chi connectivity index (χ1v) is 43.9. The molecular weight excluding hydrogens is 1660 g/mol. The third-order valence-corrected chi connectivity index (χ3v) is 28.2. The number of aromatic nitrogens is 4. The first-order chi connectivity index (χ1) is 57.6. The smallest absolute Gasteiger partial charge is 0.492 e. The Labute approximate surface area is 723 Å². The second kappa shape index (κ2) is 49.1. The van der Waals surface area contributed by atoms with E-state index < -0.39 is 38.8 Å². The molecule has 0 bridgehead atoms. The van der Waals surface area contributed by atoms with Gasteiger partial charge >= 0.3 is 7.12 Å². The summed E-state index contributed by atoms with van der Waals surface area (Å²) in [4.78, 5) is 38.3. The van der Waals surface area contributed by atoms with Gasteiger partial charge in [-0.1, -0.05) is 418 Å². The van der Waals surface area contributed by atoms with Gasteiger partial charge in [0, 0.05) is 73.7 Å². The van der Waals surface area contributed by atoms with E-state index in [-0.39, 0.29) is 36.6 Å². The van der Waals surface area contributed by atoms with Gasteiger partial charge in [0.2, 0.25) is 0 Å². The van der Waals surface area contributed by atoms with Crippen molar-refractivity contribution in [3.8, 4) is 16.9 Å². The topological polar surface area (TPSA) is 143 Å². The molecule has 19 heteroatoms. The number of hydrogen-bond acceptors (Lipinski definition) is 10. The molecule has 16 aromatic rings. The first kappa shape index (κ1) is 91.5. The molecule has 0 atom stereocenters. The Balaban J connectivity index is 0.000000159. The Morgan fingerprint density at radius 2 is 0.555 bits per heavy atom. The van der Waals surface area contributed by atoms with E-state index in [1.54, 1.807) is 73.9 Å². The van der Waals surface area contributed by atoms with Crippen LogP contribution in [0.25, 0.3) is 11.1 Å². The molecule has 0 saturated carbocycles. The second-order valence-electron chi connectivity index (χ2n) is 26.6. The fourth-order valence-electron chi connectivity index (χ4n) is 12.4. The number of carbonyl (C=O) groups is 1. The van der Waals surface area contributed by atoms with Crippen LogP contribution in [0, 0.1) is 0 Å². The van der Waals surface area contributed by atoms with Gasteiger partial charge in [0.1, 0.15) is 10.8 Å². The van der Waals surface area contributed by atoms with E-state index in [1.165, 1.54) is 80.1 Å². The number of nitrogens with zero attached hydrogens (tertiary/aromatic N) is 6. The summed E-state index contributed by atoms with van der Waals surface area (Å²) in [5, 5.41) is 42.5. The Morgan fingerprint density at radius 3 is 0.782 bits per heavy atom. The fourth-order valence-corrected chi connectivity index (χ4v) is 21.9. The maximum atomic E-state index is 12.3. The van der Waals surface area contributed by atoms with Gasteiger partial charge in [0.25, 0.3) is 11.1 Å². The number of anilines is 2. The number of para-hydroxylation sites is 1. The quantitative estimate of drug-likeness (QED) is 0.0484. The molecule has 2 heterocycles. The summed E-state index contributed by atoms with van der Waals surface area (Å²) in [6.07, 6.45) is 3.94. The summed E-state index contributed by atoms with van der Waals surface area (Å²) in [5.41, 5.74) is 2.83. The van der Waals surface area contributed by atoms with Crippen LogP contribution >= 0.6 is 43.3 Å². The first-order valence-electron chi connectivity index (χ1n) is 38.1. The second-order valence-corrected chi connectivity index (χ2v) is 35.8. The minimum absolute atomic E-state index is 0. The zero-order valence-electron chi connectivity index (χ0n) is 67.3. The average molecular weight is 1750 g/mol. The van der Waals surface area contributed by atoms with E-state index in [4.69, 9.17) is 26.4 Å². The molecular formula is C100H94BClN6O6P4Pd. The molecule has 0 aliphatic heterocycles. The molecule has 0 aliphatic rings. The van der Waals surface area contributed by atoms with Crippen LogP contribution in [0.4, 0.5) is 11.4 Å². The largest absolute Gasteiger partial charge is 0.497 e. The van der Waals surface area contributed by atoms with Crippen LogP contribution in [0.2, 0.25) is 5.02 Å². The van der Waals surface area contributed by atoms with Crippen molar-refractivity contribution in [1.29, 1.82) is 0 Å². The molecule has 600 valence electrons. The normalized spacial score (nSPS) is 10.3. The molecule has 16 rings (SSSR count). The van der Waals surface area contributed by atoms with E-state index in [1.807, 2.05) is 39.2 Å². The van der Waals surface area contributed by atoms with Crippen molar-refractivity contribution in [3.05, 3.63) is 456 Å². The predicted molar refractivity (Wildman–Crippen MR) is 507 cm³/mol. The molecule has 14 aromatic carbocycles. The molecule has 0 aliphatic carbocycles. The number of halogens is 1. The molecule has 0 saturated heterocycles. The maximum absolute atomic E-state index is 12.3. The van der Waals surface area contributed by atoms with E-state index in [0.717, 1.165) is 6.29 Å². The molecule has 0 unspecified atom stereocenters. The summed E-state index contributed by atoms with van der Waals surface area (Å²) in [6, 6.07) is 143. The van der Waals surface area contributed by atoms with Gasteiger partial charge in [0.05, 0.1) is 36.4 Å². The number of benzene rings is 14. The Morgan fingerprint density at radius 1 is 0.336 bits per heavy atom. The van der Waals surface area contributed by atoms with Gasteiger partial charge in [-0.15, -0.1) is 0 Å². The van der Waals surface area contributed by atoms with E-state index >= 15 is 0 Å². The number of aryl methyl sites for hydroxylation is 2. The number of carbonyl (C=O) groups excluding carboxylic acids is 1. The number of hydrogen-bond donors (Lipinski definition) is 2. The number of methoxy groups -OCH3 is 1. The number of ether oxygens (including phenoxy) is 1. The van der Waals surface area contributed by atoms with Crippen molar-refractivity contribution in [2.75, 3.05) is 45.1 Å². The van der Waals surface area contributed by atoms with Crippen LogP contribution in [0.5, 0.6) is 5.75 Å². The molecule has 0 fully saturated rings. The maximum Gasteiger partial charge on any atom is 0.492 e. The molecule has 0 spiro atoms. The summed E-state index contributed by atoms with van der Waals surface area (Å²) >= 11 is 5.78. The monoisotopic (exact) mass is 1750 g/mol. The standard InChI is InChI=1S/4C18H15P.C14H15N3O2.C7H9BO3.C7H10ClN3O.Pd/c4*1-4-10-16(11-5-1)19(17-12-6-2-7-13-17)18-14-8-3-9-15-18;1-16(2)12-8-15-17(3)14(19)13(12)11-7-5-4-6-10(11)9-18;1-11-7-5-3-2-4-6(7)8(9)10;1-10(2)5-4-9-11(3)7(12)6(5)8;/h4*1-15H;4-9H,1-3H3;2-5,9-10H,1H3;4H,1-3H3;. The van der Waals surface area contributed by atoms with Gasteiger partial charge in [0.15, 0.2) is 6.29 Å². The van der Waals surface area contributed by atoms with Crippen LogP contribution in [0.3, 0.4) is 0 Å². The van der Waals surface area contributed by atoms with Gasteiger partial charge in [-0.05, 0) is 107 Å². The van der Waals surface area contributed by atoms with Crippen LogP contribution < -0.4 is 94.8 Å². The van der Waals surface area contributed by atoms with Crippen LogP contribution in [0.1, 0.15) is 10.4 Å². The Hall–Kier alpha value is -11.4. The fraction of sp³-hybridized carbons (Fsp3) is 0.0700. The molecule has 0 amide bonds. The minimum atomic E-state index is -1.47. The van der Waals surface area contributed by atoms with Crippen LogP contribution in [0.15, 0.2) is 434 Å². The molecule has 2 aromatic heterocycles. The zero-order chi connectivity index (χ0) is 83.2. The summed E-state index contributed by atoms with van der Waals surface area (Å²) in [6.45, 7) is 0.